The average molecular weight is 298 g/mol. The normalized spacial score (nSPS) is 11.1. The fourth-order valence-electron chi connectivity index (χ4n) is 2.00. The van der Waals surface area contributed by atoms with Gasteiger partial charge in [0.05, 0.1) is 12.7 Å². The number of nitrogens with zero attached hydrogens (tertiary/aromatic N) is 2. The molecule has 0 bridgehead atoms. The molecule has 0 radical (unpaired) electrons. The number of aromatic nitrogens is 1. The van der Waals surface area contributed by atoms with Gasteiger partial charge in [-0.05, 0) is 24.6 Å². The smallest absolute Gasteiger partial charge is 0.191 e. The van der Waals surface area contributed by atoms with E-state index in [4.69, 9.17) is 4.74 Å². The van der Waals surface area contributed by atoms with Crippen molar-refractivity contribution in [2.75, 3.05) is 20.2 Å². The number of ether oxygens (including phenoxy) is 1. The first-order valence-electron chi connectivity index (χ1n) is 7.31. The van der Waals surface area contributed by atoms with E-state index in [1.54, 1.807) is 19.4 Å². The number of hydrogen-bond donors (Lipinski definition) is 2. The molecule has 0 aliphatic heterocycles. The van der Waals surface area contributed by atoms with Gasteiger partial charge >= 0.3 is 0 Å². The monoisotopic (exact) mass is 298 g/mol. The summed E-state index contributed by atoms with van der Waals surface area (Å²) in [5.41, 5.74) is 2.49. The second kappa shape index (κ2) is 8.67. The summed E-state index contributed by atoms with van der Waals surface area (Å²) < 4.78 is 5.57. The molecule has 0 saturated heterocycles. The van der Waals surface area contributed by atoms with Crippen molar-refractivity contribution in [3.63, 3.8) is 0 Å². The van der Waals surface area contributed by atoms with Crippen LogP contribution < -0.4 is 15.4 Å². The van der Waals surface area contributed by atoms with Crippen LogP contribution in [0.3, 0.4) is 0 Å². The standard InChI is InChI=1S/C17H22N4O/c1-14-5-3-6-15(11-14)12-21-17(18-2)20-9-10-22-16-7-4-8-19-13-16/h3-8,11,13H,9-10,12H2,1-2H3,(H2,18,20,21). The van der Waals surface area contributed by atoms with Crippen LogP contribution in [0.1, 0.15) is 11.1 Å². The largest absolute Gasteiger partial charge is 0.490 e. The number of aliphatic imine (C=N–C) groups is 1. The minimum absolute atomic E-state index is 0.552. The summed E-state index contributed by atoms with van der Waals surface area (Å²) in [6, 6.07) is 12.1. The lowest BCUT2D eigenvalue weighted by molar-refractivity contribution is 0.320. The van der Waals surface area contributed by atoms with Crippen LogP contribution in [0.2, 0.25) is 0 Å². The zero-order chi connectivity index (χ0) is 15.6. The van der Waals surface area contributed by atoms with Crippen LogP contribution >= 0.6 is 0 Å². The molecular formula is C17H22N4O. The van der Waals surface area contributed by atoms with Gasteiger partial charge in [0.2, 0.25) is 0 Å². The first-order chi connectivity index (χ1) is 10.8. The van der Waals surface area contributed by atoms with E-state index in [0.717, 1.165) is 18.3 Å². The Morgan fingerprint density at radius 3 is 2.86 bits per heavy atom. The number of pyridine rings is 1. The highest BCUT2D eigenvalue weighted by Crippen LogP contribution is 2.05. The molecule has 0 saturated carbocycles. The van der Waals surface area contributed by atoms with Gasteiger partial charge in [-0.2, -0.15) is 0 Å². The van der Waals surface area contributed by atoms with Gasteiger partial charge in [0.25, 0.3) is 0 Å². The van der Waals surface area contributed by atoms with Crippen LogP contribution in [0.4, 0.5) is 0 Å². The van der Waals surface area contributed by atoms with Gasteiger partial charge in [0.15, 0.2) is 5.96 Å². The zero-order valence-corrected chi connectivity index (χ0v) is 13.0. The van der Waals surface area contributed by atoms with Gasteiger partial charge in [-0.1, -0.05) is 29.8 Å². The van der Waals surface area contributed by atoms with Gasteiger partial charge in [0, 0.05) is 19.8 Å². The Balaban J connectivity index is 1.69. The molecule has 0 unspecified atom stereocenters. The Bertz CT molecular complexity index is 599. The van der Waals surface area contributed by atoms with Crippen LogP contribution in [-0.4, -0.2) is 31.1 Å². The second-order valence-corrected chi connectivity index (χ2v) is 4.88. The van der Waals surface area contributed by atoms with Gasteiger partial charge in [-0.3, -0.25) is 9.98 Å². The fourth-order valence-corrected chi connectivity index (χ4v) is 2.00. The van der Waals surface area contributed by atoms with Crippen molar-refractivity contribution in [3.05, 3.63) is 59.9 Å². The molecule has 0 aliphatic carbocycles. The Hall–Kier alpha value is -2.56. The van der Waals surface area contributed by atoms with Crippen molar-refractivity contribution in [3.8, 4) is 5.75 Å². The first-order valence-corrected chi connectivity index (χ1v) is 7.31. The number of rotatable bonds is 6. The van der Waals surface area contributed by atoms with Crippen molar-refractivity contribution >= 4 is 5.96 Å². The lowest BCUT2D eigenvalue weighted by atomic mass is 10.1. The molecule has 1 aromatic heterocycles. The minimum atomic E-state index is 0.552. The summed E-state index contributed by atoms with van der Waals surface area (Å²) in [6.45, 7) is 4.05. The fraction of sp³-hybridized carbons (Fsp3) is 0.294. The van der Waals surface area contributed by atoms with E-state index >= 15 is 0 Å². The summed E-state index contributed by atoms with van der Waals surface area (Å²) in [5, 5.41) is 6.50. The lowest BCUT2D eigenvalue weighted by Crippen LogP contribution is -2.38. The van der Waals surface area contributed by atoms with E-state index in [1.807, 2.05) is 12.1 Å². The Labute approximate surface area is 131 Å². The van der Waals surface area contributed by atoms with Crippen LogP contribution in [0.5, 0.6) is 5.75 Å². The third-order valence-electron chi connectivity index (χ3n) is 3.06. The number of nitrogens with one attached hydrogen (secondary N) is 2. The highest BCUT2D eigenvalue weighted by atomic mass is 16.5. The van der Waals surface area contributed by atoms with Gasteiger partial charge in [-0.15, -0.1) is 0 Å². The molecule has 116 valence electrons. The molecule has 0 aliphatic rings. The van der Waals surface area contributed by atoms with E-state index < -0.39 is 0 Å². The maximum atomic E-state index is 5.57. The summed E-state index contributed by atoms with van der Waals surface area (Å²) in [6.07, 6.45) is 3.42. The molecule has 0 fully saturated rings. The van der Waals surface area contributed by atoms with Gasteiger partial charge < -0.3 is 15.4 Å². The number of aryl methyl sites for hydroxylation is 1. The van der Waals surface area contributed by atoms with Crippen LogP contribution in [-0.2, 0) is 6.54 Å². The average Bonchev–Trinajstić information content (AvgIpc) is 2.55. The van der Waals surface area contributed by atoms with Gasteiger partial charge in [-0.25, -0.2) is 0 Å². The number of guanidine groups is 1. The second-order valence-electron chi connectivity index (χ2n) is 4.88. The van der Waals surface area contributed by atoms with Crippen LogP contribution in [0.15, 0.2) is 53.8 Å². The minimum Gasteiger partial charge on any atom is -0.490 e. The third kappa shape index (κ3) is 5.44. The molecule has 2 rings (SSSR count). The summed E-state index contributed by atoms with van der Waals surface area (Å²) in [4.78, 5) is 8.20. The van der Waals surface area contributed by atoms with E-state index in [1.165, 1.54) is 11.1 Å². The summed E-state index contributed by atoms with van der Waals surface area (Å²) in [5.74, 6) is 1.53. The SMILES string of the molecule is CN=C(NCCOc1cccnc1)NCc1cccc(C)c1. The van der Waals surface area contributed by atoms with E-state index in [0.29, 0.717) is 13.2 Å². The zero-order valence-electron chi connectivity index (χ0n) is 13.0. The van der Waals surface area contributed by atoms with E-state index in [9.17, 15) is 0 Å². The highest BCUT2D eigenvalue weighted by Gasteiger charge is 1.99. The lowest BCUT2D eigenvalue weighted by Gasteiger charge is -2.12. The van der Waals surface area contributed by atoms with Gasteiger partial charge in [0.1, 0.15) is 12.4 Å². The van der Waals surface area contributed by atoms with Crippen molar-refractivity contribution < 1.29 is 4.74 Å². The molecule has 5 heteroatoms. The molecule has 0 amide bonds. The topological polar surface area (TPSA) is 58.5 Å². The third-order valence-corrected chi connectivity index (χ3v) is 3.06. The van der Waals surface area contributed by atoms with Crippen LogP contribution in [0, 0.1) is 6.92 Å². The van der Waals surface area contributed by atoms with E-state index in [-0.39, 0.29) is 0 Å². The summed E-state index contributed by atoms with van der Waals surface area (Å²) >= 11 is 0. The molecule has 1 aromatic carbocycles. The maximum Gasteiger partial charge on any atom is 0.191 e. The maximum absolute atomic E-state index is 5.57. The predicted molar refractivity (Wildman–Crippen MR) is 89.1 cm³/mol. The molecule has 2 N–H and O–H groups in total. The number of benzene rings is 1. The molecule has 5 nitrogen and oxygen atoms in total. The van der Waals surface area contributed by atoms with Crippen molar-refractivity contribution in [1.82, 2.24) is 15.6 Å². The quantitative estimate of drug-likeness (QED) is 0.487. The molecule has 0 atom stereocenters. The van der Waals surface area contributed by atoms with Crippen molar-refractivity contribution in [1.29, 1.82) is 0 Å². The molecule has 2 aromatic rings. The van der Waals surface area contributed by atoms with Crippen LogP contribution in [0.25, 0.3) is 0 Å². The molecule has 0 spiro atoms. The molecule has 22 heavy (non-hydrogen) atoms. The number of hydrogen-bond acceptors (Lipinski definition) is 3. The Morgan fingerprint density at radius 2 is 2.14 bits per heavy atom. The molecular weight excluding hydrogens is 276 g/mol. The van der Waals surface area contributed by atoms with Crippen molar-refractivity contribution in [2.45, 2.75) is 13.5 Å². The van der Waals surface area contributed by atoms with Crippen molar-refractivity contribution in [2.24, 2.45) is 4.99 Å². The van der Waals surface area contributed by atoms with E-state index in [2.05, 4.69) is 51.8 Å². The Morgan fingerprint density at radius 1 is 1.23 bits per heavy atom. The first kappa shape index (κ1) is 15.8. The predicted octanol–water partition coefficient (Wildman–Crippen LogP) is 2.13. The highest BCUT2D eigenvalue weighted by molar-refractivity contribution is 5.79. The Kier molecular flexibility index (Phi) is 6.23. The molecule has 1 heterocycles. The summed E-state index contributed by atoms with van der Waals surface area (Å²) in [7, 11) is 1.76.